The van der Waals surface area contributed by atoms with E-state index in [9.17, 15) is 9.18 Å². The van der Waals surface area contributed by atoms with E-state index in [4.69, 9.17) is 0 Å². The minimum absolute atomic E-state index is 0.241. The third-order valence-electron chi connectivity index (χ3n) is 1.23. The van der Waals surface area contributed by atoms with Gasteiger partial charge in [0.25, 0.3) is 0 Å². The Bertz CT molecular complexity index is 170. The van der Waals surface area contributed by atoms with Gasteiger partial charge in [-0.1, -0.05) is 6.08 Å². The number of carbonyl (C=O) groups is 1. The first-order chi connectivity index (χ1) is 4.33. The highest BCUT2D eigenvalue weighted by molar-refractivity contribution is 5.58. The summed E-state index contributed by atoms with van der Waals surface area (Å²) in [4.78, 5) is 10.1. The van der Waals surface area contributed by atoms with Crippen molar-refractivity contribution >= 4 is 6.29 Å². The molecule has 0 N–H and O–H groups in total. The second-order valence-electron chi connectivity index (χ2n) is 1.99. The number of aldehydes is 1. The number of halogens is 1. The molecule has 1 aliphatic rings. The summed E-state index contributed by atoms with van der Waals surface area (Å²) in [6.45, 7) is 0. The summed E-state index contributed by atoms with van der Waals surface area (Å²) in [7, 11) is 0. The smallest absolute Gasteiger partial charge is 0.127 e. The Hall–Kier alpha value is -0.920. The summed E-state index contributed by atoms with van der Waals surface area (Å²) in [5.41, 5.74) is 0. The van der Waals surface area contributed by atoms with E-state index < -0.39 is 0 Å². The zero-order valence-corrected chi connectivity index (χ0v) is 4.88. The van der Waals surface area contributed by atoms with Crippen LogP contribution < -0.4 is 0 Å². The molecule has 0 radical (unpaired) electrons. The number of hydrogen-bond donors (Lipinski definition) is 0. The van der Waals surface area contributed by atoms with Gasteiger partial charge in [-0.3, -0.25) is 0 Å². The Morgan fingerprint density at radius 2 is 2.56 bits per heavy atom. The molecule has 9 heavy (non-hydrogen) atoms. The van der Waals surface area contributed by atoms with Gasteiger partial charge < -0.3 is 4.79 Å². The normalized spacial score (nSPS) is 25.4. The molecule has 0 amide bonds. The molecule has 0 aromatic heterocycles. The van der Waals surface area contributed by atoms with Crippen LogP contribution in [0.5, 0.6) is 0 Å². The Labute approximate surface area is 52.9 Å². The zero-order valence-electron chi connectivity index (χ0n) is 4.88. The van der Waals surface area contributed by atoms with Crippen LogP contribution in [0, 0.1) is 5.92 Å². The molecule has 1 atom stereocenters. The monoisotopic (exact) mass is 126 g/mol. The van der Waals surface area contributed by atoms with Gasteiger partial charge in [0.2, 0.25) is 0 Å². The van der Waals surface area contributed by atoms with Gasteiger partial charge in [0.05, 0.1) is 0 Å². The Kier molecular flexibility index (Phi) is 1.78. The number of allylic oxidation sites excluding steroid dienone is 4. The SMILES string of the molecule is O=CC1C=C(F)C=CC1. The fraction of sp³-hybridized carbons (Fsp3) is 0.286. The first kappa shape index (κ1) is 6.20. The van der Waals surface area contributed by atoms with Crippen molar-refractivity contribution in [2.75, 3.05) is 0 Å². The zero-order chi connectivity index (χ0) is 6.69. The van der Waals surface area contributed by atoms with Crippen LogP contribution in [-0.4, -0.2) is 6.29 Å². The molecule has 1 nitrogen and oxygen atoms in total. The van der Waals surface area contributed by atoms with Crippen molar-refractivity contribution in [2.45, 2.75) is 6.42 Å². The van der Waals surface area contributed by atoms with Gasteiger partial charge in [0.1, 0.15) is 12.1 Å². The van der Waals surface area contributed by atoms with Gasteiger partial charge in [0.15, 0.2) is 0 Å². The van der Waals surface area contributed by atoms with Crippen LogP contribution in [0.2, 0.25) is 0 Å². The molecule has 0 saturated carbocycles. The van der Waals surface area contributed by atoms with Crippen molar-refractivity contribution < 1.29 is 9.18 Å². The molecule has 0 aromatic carbocycles. The topological polar surface area (TPSA) is 17.1 Å². The van der Waals surface area contributed by atoms with Crippen LogP contribution in [0.25, 0.3) is 0 Å². The molecule has 1 rings (SSSR count). The molecule has 0 saturated heterocycles. The maximum atomic E-state index is 12.2. The first-order valence-corrected chi connectivity index (χ1v) is 2.82. The average molecular weight is 126 g/mol. The van der Waals surface area contributed by atoms with E-state index in [0.717, 1.165) is 6.29 Å². The molecule has 1 aliphatic carbocycles. The fourth-order valence-electron chi connectivity index (χ4n) is 0.761. The van der Waals surface area contributed by atoms with E-state index in [2.05, 4.69) is 0 Å². The van der Waals surface area contributed by atoms with Gasteiger partial charge in [0, 0.05) is 5.92 Å². The Balaban J connectivity index is 2.65. The van der Waals surface area contributed by atoms with Crippen LogP contribution in [0.1, 0.15) is 6.42 Å². The molecule has 0 fully saturated rings. The molecule has 0 aliphatic heterocycles. The van der Waals surface area contributed by atoms with Gasteiger partial charge >= 0.3 is 0 Å². The number of carbonyl (C=O) groups excluding carboxylic acids is 1. The lowest BCUT2D eigenvalue weighted by Gasteiger charge is -2.03. The van der Waals surface area contributed by atoms with E-state index in [0.29, 0.717) is 6.42 Å². The maximum Gasteiger partial charge on any atom is 0.127 e. The van der Waals surface area contributed by atoms with Crippen molar-refractivity contribution in [2.24, 2.45) is 5.92 Å². The van der Waals surface area contributed by atoms with Crippen LogP contribution >= 0.6 is 0 Å². The molecule has 0 bridgehead atoms. The average Bonchev–Trinajstić information content (AvgIpc) is 1.88. The van der Waals surface area contributed by atoms with Crippen molar-refractivity contribution in [3.63, 3.8) is 0 Å². The lowest BCUT2D eigenvalue weighted by Crippen LogP contribution is -1.99. The van der Waals surface area contributed by atoms with Crippen LogP contribution in [0.3, 0.4) is 0 Å². The van der Waals surface area contributed by atoms with Crippen LogP contribution in [0.15, 0.2) is 24.1 Å². The van der Waals surface area contributed by atoms with Crippen molar-refractivity contribution in [1.29, 1.82) is 0 Å². The van der Waals surface area contributed by atoms with Crippen LogP contribution in [-0.2, 0) is 4.79 Å². The summed E-state index contributed by atoms with van der Waals surface area (Å²) in [6, 6.07) is 0. The Morgan fingerprint density at radius 1 is 1.78 bits per heavy atom. The molecular weight excluding hydrogens is 119 g/mol. The van der Waals surface area contributed by atoms with Gasteiger partial charge in [-0.25, -0.2) is 4.39 Å². The largest absolute Gasteiger partial charge is 0.303 e. The predicted molar refractivity (Wildman–Crippen MR) is 32.5 cm³/mol. The number of hydrogen-bond acceptors (Lipinski definition) is 1. The molecule has 0 spiro atoms. The molecule has 0 aromatic rings. The Morgan fingerprint density at radius 3 is 3.00 bits per heavy atom. The lowest BCUT2D eigenvalue weighted by molar-refractivity contribution is -0.109. The highest BCUT2D eigenvalue weighted by Crippen LogP contribution is 2.14. The van der Waals surface area contributed by atoms with Gasteiger partial charge in [-0.15, -0.1) is 0 Å². The highest BCUT2D eigenvalue weighted by Gasteiger charge is 2.06. The first-order valence-electron chi connectivity index (χ1n) is 2.82. The van der Waals surface area contributed by atoms with E-state index in [1.54, 1.807) is 6.08 Å². The number of rotatable bonds is 1. The third-order valence-corrected chi connectivity index (χ3v) is 1.23. The lowest BCUT2D eigenvalue weighted by atomic mass is 10.0. The molecule has 0 heterocycles. The molecular formula is C7H7FO. The molecule has 48 valence electrons. The molecule has 2 heteroatoms. The second-order valence-corrected chi connectivity index (χ2v) is 1.99. The van der Waals surface area contributed by atoms with E-state index in [1.807, 2.05) is 0 Å². The summed E-state index contributed by atoms with van der Waals surface area (Å²) in [6.07, 6.45) is 5.75. The summed E-state index contributed by atoms with van der Waals surface area (Å²) in [5.74, 6) is -0.548. The van der Waals surface area contributed by atoms with E-state index in [-0.39, 0.29) is 11.7 Å². The summed E-state index contributed by atoms with van der Waals surface area (Å²) < 4.78 is 12.2. The highest BCUT2D eigenvalue weighted by atomic mass is 19.1. The van der Waals surface area contributed by atoms with E-state index in [1.165, 1.54) is 12.2 Å². The molecule has 1 unspecified atom stereocenters. The van der Waals surface area contributed by atoms with Gasteiger partial charge in [-0.05, 0) is 18.6 Å². The predicted octanol–water partition coefficient (Wildman–Crippen LogP) is 1.61. The third kappa shape index (κ3) is 1.49. The van der Waals surface area contributed by atoms with Crippen molar-refractivity contribution in [3.8, 4) is 0 Å². The minimum atomic E-state index is -0.307. The maximum absolute atomic E-state index is 12.2. The van der Waals surface area contributed by atoms with Crippen molar-refractivity contribution in [1.82, 2.24) is 0 Å². The fourth-order valence-corrected chi connectivity index (χ4v) is 0.761. The van der Waals surface area contributed by atoms with Gasteiger partial charge in [-0.2, -0.15) is 0 Å². The van der Waals surface area contributed by atoms with Crippen LogP contribution in [0.4, 0.5) is 4.39 Å². The summed E-state index contributed by atoms with van der Waals surface area (Å²) >= 11 is 0. The minimum Gasteiger partial charge on any atom is -0.303 e. The summed E-state index contributed by atoms with van der Waals surface area (Å²) in [5, 5.41) is 0. The standard InChI is InChI=1S/C7H7FO/c8-7-3-1-2-6(4-7)5-9/h1,3-6H,2H2. The quantitative estimate of drug-likeness (QED) is 0.488. The van der Waals surface area contributed by atoms with E-state index >= 15 is 0 Å². The second kappa shape index (κ2) is 2.58. The van der Waals surface area contributed by atoms with Crippen molar-refractivity contribution in [3.05, 3.63) is 24.1 Å².